The Labute approximate surface area is 109 Å². The van der Waals surface area contributed by atoms with Crippen molar-refractivity contribution in [2.45, 2.75) is 37.3 Å². The Morgan fingerprint density at radius 1 is 1.59 bits per heavy atom. The third-order valence-corrected chi connectivity index (χ3v) is 5.26. The van der Waals surface area contributed by atoms with Crippen LogP contribution in [0.15, 0.2) is 9.63 Å². The van der Waals surface area contributed by atoms with Gasteiger partial charge < -0.3 is 0 Å². The number of hydrogen-bond acceptors (Lipinski definition) is 4. The highest BCUT2D eigenvalue weighted by atomic mass is 79.9. The number of aromatic nitrogens is 3. The van der Waals surface area contributed by atoms with Crippen LogP contribution in [0.25, 0.3) is 0 Å². The van der Waals surface area contributed by atoms with Gasteiger partial charge in [-0.05, 0) is 34.7 Å². The third kappa shape index (κ3) is 2.69. The summed E-state index contributed by atoms with van der Waals surface area (Å²) in [6.07, 6.45) is 3.08. The molecule has 0 saturated heterocycles. The summed E-state index contributed by atoms with van der Waals surface area (Å²) in [7, 11) is -1.97. The predicted octanol–water partition coefficient (Wildman–Crippen LogP) is 1.04. The number of halogens is 1. The van der Waals surface area contributed by atoms with E-state index >= 15 is 0 Å². The van der Waals surface area contributed by atoms with Crippen molar-refractivity contribution >= 4 is 26.0 Å². The fourth-order valence-electron chi connectivity index (χ4n) is 1.94. The van der Waals surface area contributed by atoms with Gasteiger partial charge >= 0.3 is 0 Å². The van der Waals surface area contributed by atoms with E-state index in [4.69, 9.17) is 0 Å². The first-order chi connectivity index (χ1) is 7.95. The molecule has 1 N–H and O–H groups in total. The molecule has 0 radical (unpaired) electrons. The molecule has 0 aromatic carbocycles. The Kier molecular flexibility index (Phi) is 3.55. The number of sulfonamides is 1. The molecule has 17 heavy (non-hydrogen) atoms. The second-order valence-corrected chi connectivity index (χ2v) is 6.70. The first-order valence-corrected chi connectivity index (χ1v) is 7.81. The second-order valence-electron chi connectivity index (χ2n) is 4.32. The molecule has 2 atom stereocenters. The van der Waals surface area contributed by atoms with Gasteiger partial charge in [-0.25, -0.2) is 17.8 Å². The van der Waals surface area contributed by atoms with E-state index in [1.165, 1.54) is 4.68 Å². The van der Waals surface area contributed by atoms with Crippen LogP contribution in [0.3, 0.4) is 0 Å². The average Bonchev–Trinajstić information content (AvgIpc) is 2.82. The highest BCUT2D eigenvalue weighted by molar-refractivity contribution is 9.10. The molecular formula is C9H15BrN4O2S. The van der Waals surface area contributed by atoms with E-state index in [-0.39, 0.29) is 15.7 Å². The lowest BCUT2D eigenvalue weighted by atomic mass is 10.2. The summed E-state index contributed by atoms with van der Waals surface area (Å²) in [5.41, 5.74) is 0. The third-order valence-electron chi connectivity index (χ3n) is 2.88. The van der Waals surface area contributed by atoms with E-state index in [1.807, 2.05) is 0 Å². The van der Waals surface area contributed by atoms with Gasteiger partial charge in [-0.1, -0.05) is 18.6 Å². The molecule has 1 heterocycles. The van der Waals surface area contributed by atoms with Gasteiger partial charge in [0.2, 0.25) is 5.03 Å². The molecule has 6 nitrogen and oxygen atoms in total. The summed E-state index contributed by atoms with van der Waals surface area (Å²) < 4.78 is 28.4. The SMILES string of the molecule is CCCC1CC1NS(=O)(=O)c1c(Br)nnn1C. The maximum absolute atomic E-state index is 12.1. The van der Waals surface area contributed by atoms with Crippen LogP contribution < -0.4 is 4.72 Å². The van der Waals surface area contributed by atoms with E-state index in [0.717, 1.165) is 19.3 Å². The van der Waals surface area contributed by atoms with Gasteiger partial charge in [0.25, 0.3) is 10.0 Å². The lowest BCUT2D eigenvalue weighted by Gasteiger charge is -2.05. The molecule has 8 heteroatoms. The minimum absolute atomic E-state index is 0.0711. The summed E-state index contributed by atoms with van der Waals surface area (Å²) in [4.78, 5) is 0. The quantitative estimate of drug-likeness (QED) is 0.878. The monoisotopic (exact) mass is 322 g/mol. The summed E-state index contributed by atoms with van der Waals surface area (Å²) in [6, 6.07) is 0.0711. The largest absolute Gasteiger partial charge is 0.260 e. The predicted molar refractivity (Wildman–Crippen MR) is 65.8 cm³/mol. The van der Waals surface area contributed by atoms with Crippen molar-refractivity contribution in [3.63, 3.8) is 0 Å². The number of nitrogens with one attached hydrogen (secondary N) is 1. The van der Waals surface area contributed by atoms with Crippen molar-refractivity contribution in [1.82, 2.24) is 19.7 Å². The van der Waals surface area contributed by atoms with Gasteiger partial charge in [-0.3, -0.25) is 0 Å². The fourth-order valence-corrected chi connectivity index (χ4v) is 4.36. The van der Waals surface area contributed by atoms with Gasteiger partial charge in [0, 0.05) is 13.1 Å². The molecule has 0 bridgehead atoms. The Morgan fingerprint density at radius 2 is 2.29 bits per heavy atom. The fraction of sp³-hybridized carbons (Fsp3) is 0.778. The van der Waals surface area contributed by atoms with Gasteiger partial charge in [0.15, 0.2) is 4.60 Å². The highest BCUT2D eigenvalue weighted by Gasteiger charge is 2.40. The van der Waals surface area contributed by atoms with Crippen molar-refractivity contribution in [2.24, 2.45) is 13.0 Å². The molecule has 1 aliphatic carbocycles. The Bertz CT molecular complexity index is 494. The van der Waals surface area contributed by atoms with Gasteiger partial charge in [-0.15, -0.1) is 5.10 Å². The Balaban J connectivity index is 2.11. The first kappa shape index (κ1) is 13.0. The molecule has 2 unspecified atom stereocenters. The van der Waals surface area contributed by atoms with E-state index in [0.29, 0.717) is 5.92 Å². The van der Waals surface area contributed by atoms with Gasteiger partial charge in [-0.2, -0.15) is 0 Å². The van der Waals surface area contributed by atoms with Crippen molar-refractivity contribution in [2.75, 3.05) is 0 Å². The molecule has 1 aliphatic rings. The summed E-state index contributed by atoms with van der Waals surface area (Å²) in [5, 5.41) is 7.43. The second kappa shape index (κ2) is 4.66. The minimum atomic E-state index is -3.53. The normalized spacial score (nSPS) is 23.9. The van der Waals surface area contributed by atoms with Crippen molar-refractivity contribution in [3.05, 3.63) is 4.60 Å². The van der Waals surface area contributed by atoms with Crippen LogP contribution in [-0.4, -0.2) is 29.5 Å². The van der Waals surface area contributed by atoms with Gasteiger partial charge in [0.05, 0.1) is 0 Å². The maximum atomic E-state index is 12.1. The number of aryl methyl sites for hydroxylation is 1. The van der Waals surface area contributed by atoms with Crippen molar-refractivity contribution in [3.8, 4) is 0 Å². The highest BCUT2D eigenvalue weighted by Crippen LogP contribution is 2.36. The van der Waals surface area contributed by atoms with Crippen LogP contribution in [-0.2, 0) is 17.1 Å². The van der Waals surface area contributed by atoms with Crippen LogP contribution in [0.1, 0.15) is 26.2 Å². The minimum Gasteiger partial charge on any atom is -0.235 e. The van der Waals surface area contributed by atoms with Crippen LogP contribution >= 0.6 is 15.9 Å². The first-order valence-electron chi connectivity index (χ1n) is 5.53. The zero-order chi connectivity index (χ0) is 12.6. The molecule has 0 spiro atoms. The number of hydrogen-bond donors (Lipinski definition) is 1. The molecule has 1 aromatic rings. The zero-order valence-corrected chi connectivity index (χ0v) is 12.1. The lowest BCUT2D eigenvalue weighted by molar-refractivity contribution is 0.554. The van der Waals surface area contributed by atoms with Crippen LogP contribution in [0, 0.1) is 5.92 Å². The maximum Gasteiger partial charge on any atom is 0.260 e. The van der Waals surface area contributed by atoms with Crippen molar-refractivity contribution in [1.29, 1.82) is 0 Å². The Hall–Kier alpha value is -0.470. The molecule has 1 saturated carbocycles. The van der Waals surface area contributed by atoms with Crippen LogP contribution in [0.4, 0.5) is 0 Å². The zero-order valence-electron chi connectivity index (χ0n) is 9.72. The molecule has 2 rings (SSSR count). The van der Waals surface area contributed by atoms with E-state index < -0.39 is 10.0 Å². The Morgan fingerprint density at radius 3 is 2.82 bits per heavy atom. The average molecular weight is 323 g/mol. The van der Waals surface area contributed by atoms with Crippen LogP contribution in [0.2, 0.25) is 0 Å². The summed E-state index contributed by atoms with van der Waals surface area (Å²) in [6.45, 7) is 2.10. The molecule has 0 aliphatic heterocycles. The topological polar surface area (TPSA) is 76.9 Å². The van der Waals surface area contributed by atoms with E-state index in [1.54, 1.807) is 7.05 Å². The van der Waals surface area contributed by atoms with Gasteiger partial charge in [0.1, 0.15) is 0 Å². The number of rotatable bonds is 5. The van der Waals surface area contributed by atoms with E-state index in [2.05, 4.69) is 37.9 Å². The molecule has 96 valence electrons. The lowest BCUT2D eigenvalue weighted by Crippen LogP contribution is -2.29. The molecular weight excluding hydrogens is 308 g/mol. The standard InChI is InChI=1S/C9H15BrN4O2S/c1-3-4-6-5-7(6)12-17(15,16)9-8(10)11-13-14(9)2/h6-7,12H,3-5H2,1-2H3. The molecule has 0 amide bonds. The van der Waals surface area contributed by atoms with Crippen LogP contribution in [0.5, 0.6) is 0 Å². The summed E-state index contributed by atoms with van der Waals surface area (Å²) >= 11 is 3.10. The number of nitrogens with zero attached hydrogens (tertiary/aromatic N) is 3. The van der Waals surface area contributed by atoms with E-state index in [9.17, 15) is 8.42 Å². The molecule has 1 aromatic heterocycles. The smallest absolute Gasteiger partial charge is 0.235 e. The van der Waals surface area contributed by atoms with Crippen molar-refractivity contribution < 1.29 is 8.42 Å². The molecule has 1 fully saturated rings. The summed E-state index contributed by atoms with van der Waals surface area (Å²) in [5.74, 6) is 0.481.